The molecule has 26 heavy (non-hydrogen) atoms. The molecule has 3 N–H and O–H groups in total. The van der Waals surface area contributed by atoms with Crippen LogP contribution < -0.4 is 5.73 Å². The molecule has 0 bridgehead atoms. The molecular weight excluding hydrogens is 349 g/mol. The van der Waals surface area contributed by atoms with E-state index in [2.05, 4.69) is 25.0 Å². The van der Waals surface area contributed by atoms with Crippen LogP contribution in [0.2, 0.25) is 0 Å². The van der Waals surface area contributed by atoms with Gasteiger partial charge in [0.1, 0.15) is 11.3 Å². The van der Waals surface area contributed by atoms with Crippen LogP contribution in [0.25, 0.3) is 33.1 Å². The van der Waals surface area contributed by atoms with Gasteiger partial charge in [0, 0.05) is 23.3 Å². The maximum Gasteiger partial charge on any atom is 0.522 e. The normalized spacial score (nSPS) is 12.3. The Morgan fingerprint density at radius 3 is 2.77 bits per heavy atom. The molecule has 4 rings (SSSR count). The molecule has 0 unspecified atom stereocenters. The lowest BCUT2D eigenvalue weighted by Crippen LogP contribution is -2.17. The Morgan fingerprint density at radius 2 is 2.04 bits per heavy atom. The van der Waals surface area contributed by atoms with Gasteiger partial charge in [0.05, 0.1) is 29.7 Å². The number of ether oxygens (including phenoxy) is 1. The molecule has 3 aromatic heterocycles. The molecule has 0 spiro atoms. The first-order valence-electron chi connectivity index (χ1n) is 7.68. The van der Waals surface area contributed by atoms with Gasteiger partial charge in [0.15, 0.2) is 0 Å². The monoisotopic (exact) mass is 362 g/mol. The van der Waals surface area contributed by atoms with Crippen LogP contribution in [0.5, 0.6) is 0 Å². The van der Waals surface area contributed by atoms with E-state index in [-0.39, 0.29) is 12.4 Å². The summed E-state index contributed by atoms with van der Waals surface area (Å²) in [4.78, 5) is 4.38. The van der Waals surface area contributed by atoms with Crippen LogP contribution in [-0.4, -0.2) is 37.9 Å². The van der Waals surface area contributed by atoms with E-state index >= 15 is 0 Å². The molecule has 134 valence electrons. The fourth-order valence-electron chi connectivity index (χ4n) is 2.77. The van der Waals surface area contributed by atoms with E-state index in [4.69, 9.17) is 5.73 Å². The second kappa shape index (κ2) is 5.99. The standard InChI is InChI=1S/C16H13F3N6O/c17-16(18,19)26-6-5-25-8-11-14(24-25)10-2-1-9(12-3-4-21-23-12)7-13(10)22-15(11)20/h1-4,7-8H,5-6H2,(H2,20,22)(H,21,23). The summed E-state index contributed by atoms with van der Waals surface area (Å²) in [6.07, 6.45) is -1.38. The van der Waals surface area contributed by atoms with Gasteiger partial charge in [-0.25, -0.2) is 4.98 Å². The van der Waals surface area contributed by atoms with Gasteiger partial charge in [-0.15, -0.1) is 13.2 Å². The topological polar surface area (TPSA) is 94.6 Å². The summed E-state index contributed by atoms with van der Waals surface area (Å²) in [5.74, 6) is 0.259. The van der Waals surface area contributed by atoms with Crippen molar-refractivity contribution in [2.24, 2.45) is 0 Å². The number of benzene rings is 1. The van der Waals surface area contributed by atoms with Gasteiger partial charge >= 0.3 is 6.36 Å². The zero-order valence-electron chi connectivity index (χ0n) is 13.3. The Balaban J connectivity index is 1.72. The number of pyridine rings is 1. The molecule has 0 amide bonds. The number of anilines is 1. The summed E-state index contributed by atoms with van der Waals surface area (Å²) >= 11 is 0. The highest BCUT2D eigenvalue weighted by Crippen LogP contribution is 2.29. The molecule has 0 fully saturated rings. The van der Waals surface area contributed by atoms with E-state index in [1.807, 2.05) is 24.3 Å². The van der Waals surface area contributed by atoms with E-state index in [1.165, 1.54) is 4.68 Å². The molecule has 0 radical (unpaired) electrons. The number of alkyl halides is 3. The minimum Gasteiger partial charge on any atom is -0.383 e. The maximum absolute atomic E-state index is 12.1. The molecule has 0 saturated carbocycles. The highest BCUT2D eigenvalue weighted by Gasteiger charge is 2.28. The van der Waals surface area contributed by atoms with Gasteiger partial charge in [-0.2, -0.15) is 10.2 Å². The van der Waals surface area contributed by atoms with Crippen LogP contribution in [0.3, 0.4) is 0 Å². The third kappa shape index (κ3) is 3.06. The van der Waals surface area contributed by atoms with E-state index in [1.54, 1.807) is 12.4 Å². The Labute approximate surface area is 144 Å². The summed E-state index contributed by atoms with van der Waals surface area (Å²) in [6.45, 7) is -0.591. The van der Waals surface area contributed by atoms with Gasteiger partial charge in [0.2, 0.25) is 0 Å². The molecule has 0 atom stereocenters. The molecule has 1 aromatic carbocycles. The molecule has 0 saturated heterocycles. The Kier molecular flexibility index (Phi) is 3.76. The summed E-state index contributed by atoms with van der Waals surface area (Å²) in [6, 6.07) is 7.39. The van der Waals surface area contributed by atoms with Gasteiger partial charge in [-0.1, -0.05) is 6.07 Å². The van der Waals surface area contributed by atoms with Crippen molar-refractivity contribution in [3.63, 3.8) is 0 Å². The third-order valence-corrected chi connectivity index (χ3v) is 3.91. The van der Waals surface area contributed by atoms with Crippen LogP contribution >= 0.6 is 0 Å². The van der Waals surface area contributed by atoms with Gasteiger partial charge in [-0.05, 0) is 18.2 Å². The predicted molar refractivity (Wildman–Crippen MR) is 89.0 cm³/mol. The average Bonchev–Trinajstić information content (AvgIpc) is 3.23. The van der Waals surface area contributed by atoms with Crippen molar-refractivity contribution in [1.29, 1.82) is 0 Å². The molecule has 7 nitrogen and oxygen atoms in total. The molecule has 10 heteroatoms. The van der Waals surface area contributed by atoms with Crippen molar-refractivity contribution in [1.82, 2.24) is 25.0 Å². The van der Waals surface area contributed by atoms with Gasteiger partial charge in [0.25, 0.3) is 0 Å². The minimum absolute atomic E-state index is 0.0551. The Hall–Kier alpha value is -3.14. The number of H-pyrrole nitrogens is 1. The molecular formula is C16H13F3N6O. The van der Waals surface area contributed by atoms with Crippen molar-refractivity contribution in [2.75, 3.05) is 12.3 Å². The van der Waals surface area contributed by atoms with Crippen molar-refractivity contribution < 1.29 is 17.9 Å². The van der Waals surface area contributed by atoms with E-state index in [0.717, 1.165) is 16.6 Å². The third-order valence-electron chi connectivity index (χ3n) is 3.91. The number of fused-ring (bicyclic) bond motifs is 3. The second-order valence-corrected chi connectivity index (χ2v) is 5.64. The van der Waals surface area contributed by atoms with Crippen molar-refractivity contribution in [2.45, 2.75) is 12.9 Å². The Morgan fingerprint density at radius 1 is 1.19 bits per heavy atom. The van der Waals surface area contributed by atoms with E-state index in [9.17, 15) is 13.2 Å². The molecule has 4 aromatic rings. The highest BCUT2D eigenvalue weighted by atomic mass is 19.4. The lowest BCUT2D eigenvalue weighted by atomic mass is 10.1. The Bertz CT molecular complexity index is 1070. The van der Waals surface area contributed by atoms with Gasteiger partial charge < -0.3 is 5.73 Å². The highest BCUT2D eigenvalue weighted by molar-refractivity contribution is 6.08. The molecule has 0 aliphatic rings. The first kappa shape index (κ1) is 16.3. The number of aromatic amines is 1. The number of hydrogen-bond donors (Lipinski definition) is 2. The number of hydrogen-bond acceptors (Lipinski definition) is 5. The second-order valence-electron chi connectivity index (χ2n) is 5.64. The SMILES string of the molecule is Nc1nc2cc(-c3cc[nH]n3)ccc2c2nn(CCOC(F)(F)F)cc12. The number of aromatic nitrogens is 5. The summed E-state index contributed by atoms with van der Waals surface area (Å²) in [5.41, 5.74) is 8.84. The number of nitrogens with zero attached hydrogens (tertiary/aromatic N) is 4. The number of nitrogen functional groups attached to an aromatic ring is 1. The van der Waals surface area contributed by atoms with Crippen LogP contribution in [0.15, 0.2) is 36.7 Å². The first-order chi connectivity index (χ1) is 12.4. The predicted octanol–water partition coefficient (Wildman–Crippen LogP) is 3.09. The van der Waals surface area contributed by atoms with E-state index < -0.39 is 13.0 Å². The fourth-order valence-corrected chi connectivity index (χ4v) is 2.77. The van der Waals surface area contributed by atoms with Crippen LogP contribution in [-0.2, 0) is 11.3 Å². The number of nitrogens with two attached hydrogens (primary N) is 1. The summed E-state index contributed by atoms with van der Waals surface area (Å²) in [5, 5.41) is 12.5. The summed E-state index contributed by atoms with van der Waals surface area (Å²) in [7, 11) is 0. The smallest absolute Gasteiger partial charge is 0.383 e. The van der Waals surface area contributed by atoms with Gasteiger partial charge in [-0.3, -0.25) is 14.5 Å². The molecule has 0 aliphatic heterocycles. The van der Waals surface area contributed by atoms with Crippen LogP contribution in [0, 0.1) is 0 Å². The zero-order valence-corrected chi connectivity index (χ0v) is 13.3. The van der Waals surface area contributed by atoms with Crippen molar-refractivity contribution in [3.8, 4) is 11.3 Å². The van der Waals surface area contributed by atoms with Crippen LogP contribution in [0.4, 0.5) is 19.0 Å². The fraction of sp³-hybridized carbons (Fsp3) is 0.188. The minimum atomic E-state index is -4.66. The van der Waals surface area contributed by atoms with Crippen molar-refractivity contribution in [3.05, 3.63) is 36.7 Å². The first-order valence-corrected chi connectivity index (χ1v) is 7.68. The lowest BCUT2D eigenvalue weighted by Gasteiger charge is -2.06. The quantitative estimate of drug-likeness (QED) is 0.582. The largest absolute Gasteiger partial charge is 0.522 e. The molecule has 0 aliphatic carbocycles. The van der Waals surface area contributed by atoms with E-state index in [0.29, 0.717) is 16.4 Å². The number of rotatable bonds is 4. The molecule has 3 heterocycles. The van der Waals surface area contributed by atoms with Crippen LogP contribution in [0.1, 0.15) is 0 Å². The number of halogens is 3. The average molecular weight is 362 g/mol. The number of nitrogens with one attached hydrogen (secondary N) is 1. The summed E-state index contributed by atoms with van der Waals surface area (Å²) < 4.78 is 41.5. The zero-order chi connectivity index (χ0) is 18.3. The lowest BCUT2D eigenvalue weighted by molar-refractivity contribution is -0.325. The maximum atomic E-state index is 12.1. The van der Waals surface area contributed by atoms with Crippen molar-refractivity contribution >= 4 is 27.6 Å².